The van der Waals surface area contributed by atoms with Crippen LogP contribution in [-0.4, -0.2) is 135 Å². The fourth-order valence-electron chi connectivity index (χ4n) is 13.6. The second-order valence-corrected chi connectivity index (χ2v) is 35.1. The van der Waals surface area contributed by atoms with Crippen molar-refractivity contribution in [1.82, 2.24) is 0 Å². The fourth-order valence-corrected chi connectivity index (χ4v) is 14.4. The van der Waals surface area contributed by atoms with E-state index in [1.165, 1.54) is 59.7 Å². The zero-order chi connectivity index (χ0) is 103. The van der Waals surface area contributed by atoms with E-state index >= 15 is 0 Å². The molecule has 732 valence electrons. The monoisotopic (exact) mass is 2000 g/mol. The van der Waals surface area contributed by atoms with Crippen molar-refractivity contribution in [2.75, 3.05) is 26.4 Å². The lowest BCUT2D eigenvalue weighted by molar-refractivity contribution is -0.138. The zero-order valence-corrected chi connectivity index (χ0v) is 82.3. The van der Waals surface area contributed by atoms with Gasteiger partial charge in [0.2, 0.25) is 0 Å². The molecule has 1 aliphatic rings. The fraction of sp³-hybridized carbons (Fsp3) is 0.207. The third-order valence-corrected chi connectivity index (χ3v) is 23.0. The van der Waals surface area contributed by atoms with Crippen LogP contribution in [0.2, 0.25) is 0 Å². The van der Waals surface area contributed by atoms with Crippen LogP contribution in [0.4, 0.5) is 13.2 Å². The molecular weight excluding hydrogens is 1890 g/mol. The van der Waals surface area contributed by atoms with E-state index in [-0.39, 0.29) is 47.9 Å². The number of hydrogen-bond donors (Lipinski definition) is 4. The van der Waals surface area contributed by atoms with Gasteiger partial charge in [0.1, 0.15) is 67.1 Å². The maximum Gasteiger partial charge on any atom is 0.534 e. The number of aromatic hydroxyl groups is 2. The molecule has 0 aliphatic carbocycles. The third kappa shape index (κ3) is 34.7. The number of esters is 4. The molecule has 1 aliphatic heterocycles. The maximum atomic E-state index is 12.6. The van der Waals surface area contributed by atoms with Gasteiger partial charge in [-0.1, -0.05) is 220 Å². The Morgan fingerprint density at radius 2 is 0.766 bits per heavy atom. The van der Waals surface area contributed by atoms with E-state index in [0.717, 1.165) is 108 Å². The molecule has 1 heterocycles. The highest BCUT2D eigenvalue weighted by atomic mass is 79.9. The molecule has 1 fully saturated rings. The summed E-state index contributed by atoms with van der Waals surface area (Å²) >= 11 is 3.31. The van der Waals surface area contributed by atoms with Gasteiger partial charge in [0.25, 0.3) is 0 Å². The number of benzene rings is 12. The Kier molecular flexibility index (Phi) is 43.3. The highest BCUT2D eigenvalue weighted by Crippen LogP contribution is 2.41. The van der Waals surface area contributed by atoms with Crippen LogP contribution in [0.15, 0.2) is 296 Å². The summed E-state index contributed by atoms with van der Waals surface area (Å²) in [5, 5.41) is 36.2. The number of rotatable bonds is 32. The lowest BCUT2D eigenvalue weighted by Crippen LogP contribution is -2.41. The Hall–Kier alpha value is -14.7. The molecule has 23 nitrogen and oxygen atoms in total. The summed E-state index contributed by atoms with van der Waals surface area (Å²) in [6.07, 6.45) is 14.2. The molecule has 12 aromatic carbocycles. The van der Waals surface area contributed by atoms with Crippen LogP contribution in [-0.2, 0) is 70.8 Å². The van der Waals surface area contributed by atoms with Gasteiger partial charge >= 0.3 is 53.7 Å². The Morgan fingerprint density at radius 1 is 0.411 bits per heavy atom. The van der Waals surface area contributed by atoms with Crippen LogP contribution in [0, 0.1) is 0 Å². The first-order valence-corrected chi connectivity index (χ1v) is 47.0. The predicted molar refractivity (Wildman–Crippen MR) is 547 cm³/mol. The summed E-state index contributed by atoms with van der Waals surface area (Å²) in [4.78, 5) is 89.6. The van der Waals surface area contributed by atoms with Crippen LogP contribution < -0.4 is 24.6 Å². The molecule has 0 bridgehead atoms. The zero-order valence-electron chi connectivity index (χ0n) is 79.8. The number of hydrogen-bond acceptors (Lipinski definition) is 23. The average molecular weight is 2000 g/mol. The van der Waals surface area contributed by atoms with Crippen molar-refractivity contribution in [3.05, 3.63) is 362 Å². The molecule has 141 heavy (non-hydrogen) atoms. The Balaban J connectivity index is 0.000000215. The minimum atomic E-state index is -5.86. The van der Waals surface area contributed by atoms with Crippen molar-refractivity contribution in [1.29, 1.82) is 0 Å². The van der Waals surface area contributed by atoms with E-state index in [4.69, 9.17) is 47.8 Å². The Morgan fingerprint density at radius 3 is 1.18 bits per heavy atom. The molecule has 13 rings (SSSR count). The van der Waals surface area contributed by atoms with Gasteiger partial charge in [-0.2, -0.15) is 21.6 Å². The molecule has 30 heteroatoms. The van der Waals surface area contributed by atoms with E-state index < -0.39 is 52.4 Å². The van der Waals surface area contributed by atoms with Gasteiger partial charge in [-0.05, 0) is 282 Å². The SMILES string of the molecule is CC(C)c1cc(OCc2ccccc2)ccc1B1OC(C)(C)C(C)(C)O1.CCOC(=O)/C=C/c1cc(-c2ccc(OCc3ccccc3)cc2C(C)C)ccc1-c1cccc(C=O)c1.CCOC(=O)/C=C/c1cc(O)ccc1-c1cccc(C=O)c1.CCOC(=O)/C=C/c1cc(O)ccc1Br.CCOC(=O)/C=C/c1cc(OS(=O)(=O)C(F)(F)F)ccc1-c1cccc(C=O)c1.O=Cc1cccc(B(O)O)c1. The van der Waals surface area contributed by atoms with Crippen LogP contribution in [0.3, 0.4) is 0 Å². The van der Waals surface area contributed by atoms with Crippen LogP contribution >= 0.6 is 15.9 Å². The van der Waals surface area contributed by atoms with Gasteiger partial charge in [0, 0.05) is 51.0 Å². The van der Waals surface area contributed by atoms with Crippen molar-refractivity contribution >= 4 is 125 Å². The average Bonchev–Trinajstić information content (AvgIpc) is 1.60. The lowest BCUT2D eigenvalue weighted by atomic mass is 9.73. The van der Waals surface area contributed by atoms with Gasteiger partial charge in [-0.15, -0.1) is 0 Å². The number of phenolic OH excluding ortho intramolecular Hbond substituents is 2. The van der Waals surface area contributed by atoms with Crippen LogP contribution in [0.1, 0.15) is 181 Å². The van der Waals surface area contributed by atoms with Crippen molar-refractivity contribution in [2.45, 2.75) is 125 Å². The summed E-state index contributed by atoms with van der Waals surface area (Å²) in [6, 6.07) is 79.0. The van der Waals surface area contributed by atoms with Gasteiger partial charge < -0.3 is 62.2 Å². The summed E-state index contributed by atoms with van der Waals surface area (Å²) < 4.78 is 109. The number of halogens is 4. The molecule has 0 saturated carbocycles. The second-order valence-electron chi connectivity index (χ2n) is 32.7. The van der Waals surface area contributed by atoms with Crippen molar-refractivity contribution < 1.29 is 122 Å². The predicted octanol–water partition coefficient (Wildman–Crippen LogP) is 22.1. The standard InChI is InChI=1S/C34H32O4.C22H29BO3.C19H15F3O6S.C18H16O4.C11H11BrO3.C7H7BO3/c1-4-37-34(36)18-14-28-20-29(13-16-31(28)27-12-8-11-26(19-27)22-35)32-17-15-30(21-33(32)24(2)3)38-23-25-9-6-5-7-10-25;1-16(2)19-14-18(24-15-17-10-8-7-9-11-17)12-13-20(19)23-25-21(3,4)22(5,6)26-23;1-2-27-18(24)9-6-15-11-16(28-29(25,26)19(20,21)22)7-8-17(15)14-5-3-4-13(10-14)12-23;1-2-22-18(21)9-6-15-11-16(20)7-8-17(15)14-5-3-4-13(10-14)12-19;1-2-15-11(14)6-3-8-7-9(13)4-5-10(8)12;9-5-6-2-1-3-7(4-6)8(10)11/h5-22,24H,4,23H2,1-3H3;7-14,16H,15H2,1-6H3;3-12H,2H2,1H3;3-12,20H,2H2,1H3;3-7,13H,2H2,1H3;1-5,10-11H/b18-14+;;2*9-6+;6-3+;. The van der Waals surface area contributed by atoms with Gasteiger partial charge in [-0.25, -0.2) is 19.2 Å². The van der Waals surface area contributed by atoms with Crippen molar-refractivity contribution in [3.8, 4) is 73.3 Å². The molecule has 4 N–H and O–H groups in total. The molecule has 0 spiro atoms. The number of aldehydes is 4. The number of carbonyl (C=O) groups excluding carboxylic acids is 8. The van der Waals surface area contributed by atoms with E-state index in [1.54, 1.807) is 137 Å². The van der Waals surface area contributed by atoms with Gasteiger partial charge in [-0.3, -0.25) is 19.2 Å². The molecule has 0 aromatic heterocycles. The summed E-state index contributed by atoms with van der Waals surface area (Å²) in [5.74, 6) is 0.0383. The van der Waals surface area contributed by atoms with Gasteiger partial charge in [0.15, 0.2) is 0 Å². The molecule has 0 radical (unpaired) electrons. The first kappa shape index (κ1) is 112. The minimum Gasteiger partial charge on any atom is -0.508 e. The quantitative estimate of drug-likeness (QED) is 0.00579. The minimum absolute atomic E-state index is 0.0961. The maximum absolute atomic E-state index is 12.6. The molecule has 0 amide bonds. The number of alkyl halides is 3. The first-order valence-electron chi connectivity index (χ1n) is 44.8. The van der Waals surface area contributed by atoms with Crippen molar-refractivity contribution in [2.24, 2.45) is 0 Å². The number of carbonyl (C=O) groups is 8. The van der Waals surface area contributed by atoms with E-state index in [1.807, 2.05) is 78.9 Å². The van der Waals surface area contributed by atoms with E-state index in [9.17, 15) is 70.2 Å². The molecule has 12 aromatic rings. The van der Waals surface area contributed by atoms with Crippen LogP contribution in [0.5, 0.6) is 28.7 Å². The molecule has 0 atom stereocenters. The summed E-state index contributed by atoms with van der Waals surface area (Å²) in [7, 11) is -7.71. The van der Waals surface area contributed by atoms with E-state index in [0.29, 0.717) is 95.9 Å². The number of ether oxygens (including phenoxy) is 6. The van der Waals surface area contributed by atoms with Gasteiger partial charge in [0.05, 0.1) is 37.6 Å². The number of phenols is 2. The third-order valence-electron chi connectivity index (χ3n) is 21.3. The Labute approximate surface area is 828 Å². The van der Waals surface area contributed by atoms with Crippen molar-refractivity contribution in [3.63, 3.8) is 0 Å². The topological polar surface area (TPSA) is 335 Å². The van der Waals surface area contributed by atoms with E-state index in [2.05, 4.69) is 136 Å². The molecule has 1 saturated heterocycles. The molecule has 0 unspecified atom stereocenters. The summed E-state index contributed by atoms with van der Waals surface area (Å²) in [6.45, 7) is 26.0. The summed E-state index contributed by atoms with van der Waals surface area (Å²) in [5.41, 5.74) is 10.7. The largest absolute Gasteiger partial charge is 0.534 e. The normalized spacial score (nSPS) is 12.3. The second kappa shape index (κ2) is 54.6. The lowest BCUT2D eigenvalue weighted by Gasteiger charge is -2.32. The Bertz CT molecular complexity index is 6500. The molecular formula is C111H110B2BrF3O23S. The smallest absolute Gasteiger partial charge is 0.508 e. The highest BCUT2D eigenvalue weighted by molar-refractivity contribution is 9.10. The van der Waals surface area contributed by atoms with Crippen LogP contribution in [0.25, 0.3) is 68.8 Å². The first-order chi connectivity index (χ1) is 67.2. The highest BCUT2D eigenvalue weighted by Gasteiger charge is 2.52.